The summed E-state index contributed by atoms with van der Waals surface area (Å²) in [5, 5.41) is 7.90. The average Bonchev–Trinajstić information content (AvgIpc) is 2.74. The second kappa shape index (κ2) is 12.1. The number of carbonyl (C=O) groups is 1. The number of halogens is 4. The van der Waals surface area contributed by atoms with Gasteiger partial charge in [0.05, 0.1) is 26.5 Å². The minimum Gasteiger partial charge on any atom is -0.493 e. The second-order valence-electron chi connectivity index (χ2n) is 5.74. The topological polar surface area (TPSA) is 84.0 Å². The first-order valence-electron chi connectivity index (χ1n) is 8.48. The molecule has 0 atom stereocenters. The molecule has 2 aromatic carbocycles. The van der Waals surface area contributed by atoms with E-state index in [0.29, 0.717) is 24.0 Å². The van der Waals surface area contributed by atoms with Gasteiger partial charge in [-0.3, -0.25) is 9.79 Å². The highest BCUT2D eigenvalue weighted by molar-refractivity contribution is 14.0. The van der Waals surface area contributed by atoms with Gasteiger partial charge in [0.2, 0.25) is 5.91 Å². The number of benzene rings is 2. The molecule has 7 nitrogen and oxygen atoms in total. The van der Waals surface area contributed by atoms with E-state index in [-0.39, 0.29) is 30.5 Å². The van der Waals surface area contributed by atoms with Gasteiger partial charge in [0.25, 0.3) is 0 Å². The van der Waals surface area contributed by atoms with Crippen LogP contribution in [0.25, 0.3) is 0 Å². The van der Waals surface area contributed by atoms with Crippen molar-refractivity contribution in [3.8, 4) is 11.5 Å². The van der Waals surface area contributed by atoms with Crippen LogP contribution in [0, 0.1) is 17.5 Å². The largest absolute Gasteiger partial charge is 0.493 e. The predicted octanol–water partition coefficient (Wildman–Crippen LogP) is 3.04. The van der Waals surface area contributed by atoms with Crippen molar-refractivity contribution >= 4 is 41.5 Å². The van der Waals surface area contributed by atoms with E-state index in [1.165, 1.54) is 14.2 Å². The molecule has 0 saturated heterocycles. The Morgan fingerprint density at radius 3 is 2.33 bits per heavy atom. The first kappa shape index (κ1) is 25.3. The maximum Gasteiger partial charge on any atom is 0.243 e. The maximum absolute atomic E-state index is 13.6. The number of nitrogens with zero attached hydrogens (tertiary/aromatic N) is 1. The lowest BCUT2D eigenvalue weighted by Gasteiger charge is -2.14. The molecule has 0 unspecified atom stereocenters. The zero-order valence-electron chi connectivity index (χ0n) is 16.5. The highest BCUT2D eigenvalue weighted by Gasteiger charge is 2.15. The molecule has 11 heteroatoms. The lowest BCUT2D eigenvalue weighted by atomic mass is 10.2. The van der Waals surface area contributed by atoms with Crippen LogP contribution in [0.3, 0.4) is 0 Å². The summed E-state index contributed by atoms with van der Waals surface area (Å²) in [6.45, 7) is 0.101. The quantitative estimate of drug-likeness (QED) is 0.219. The number of anilines is 1. The van der Waals surface area contributed by atoms with Crippen LogP contribution in [0.15, 0.2) is 35.3 Å². The third-order valence-corrected chi connectivity index (χ3v) is 3.86. The van der Waals surface area contributed by atoms with Crippen LogP contribution in [-0.4, -0.2) is 39.7 Å². The van der Waals surface area contributed by atoms with Gasteiger partial charge in [-0.25, -0.2) is 13.2 Å². The normalized spacial score (nSPS) is 10.7. The van der Waals surface area contributed by atoms with Gasteiger partial charge in [0.15, 0.2) is 34.9 Å². The molecule has 0 bridgehead atoms. The Morgan fingerprint density at radius 2 is 1.70 bits per heavy atom. The van der Waals surface area contributed by atoms with E-state index in [1.54, 1.807) is 19.2 Å². The van der Waals surface area contributed by atoms with Crippen molar-refractivity contribution in [2.45, 2.75) is 6.54 Å². The van der Waals surface area contributed by atoms with Gasteiger partial charge in [-0.15, -0.1) is 24.0 Å². The van der Waals surface area contributed by atoms with Crippen molar-refractivity contribution in [2.75, 3.05) is 33.1 Å². The Hall–Kier alpha value is -2.70. The molecule has 0 aliphatic carbocycles. The molecule has 0 fully saturated rings. The van der Waals surface area contributed by atoms with Crippen LogP contribution in [-0.2, 0) is 11.3 Å². The Morgan fingerprint density at radius 1 is 1.00 bits per heavy atom. The summed E-state index contributed by atoms with van der Waals surface area (Å²) < 4.78 is 50.2. The van der Waals surface area contributed by atoms with Gasteiger partial charge in [-0.2, -0.15) is 0 Å². The molecule has 0 spiro atoms. The number of carbonyl (C=O) groups excluding carboxylic acids is 1. The minimum absolute atomic E-state index is 0. The number of nitrogens with one attached hydrogen (secondary N) is 3. The second-order valence-corrected chi connectivity index (χ2v) is 5.74. The summed E-state index contributed by atoms with van der Waals surface area (Å²) in [5.74, 6) is -3.64. The van der Waals surface area contributed by atoms with Crippen LogP contribution < -0.4 is 25.4 Å². The molecule has 0 heterocycles. The molecule has 0 saturated carbocycles. The van der Waals surface area contributed by atoms with Gasteiger partial charge in [-0.05, 0) is 29.8 Å². The highest BCUT2D eigenvalue weighted by atomic mass is 127. The van der Waals surface area contributed by atoms with Gasteiger partial charge in [0.1, 0.15) is 0 Å². The van der Waals surface area contributed by atoms with Crippen LogP contribution in [0.1, 0.15) is 5.56 Å². The number of methoxy groups -OCH3 is 2. The summed E-state index contributed by atoms with van der Waals surface area (Å²) in [4.78, 5) is 15.9. The summed E-state index contributed by atoms with van der Waals surface area (Å²) in [6.07, 6.45) is 0. The molecule has 164 valence electrons. The number of rotatable bonds is 7. The van der Waals surface area contributed by atoms with Gasteiger partial charge in [-0.1, -0.05) is 6.07 Å². The van der Waals surface area contributed by atoms with Crippen LogP contribution in [0.5, 0.6) is 11.5 Å². The third kappa shape index (κ3) is 6.68. The van der Waals surface area contributed by atoms with Gasteiger partial charge in [0, 0.05) is 13.6 Å². The molecule has 2 rings (SSSR count). The number of guanidine groups is 1. The van der Waals surface area contributed by atoms with Crippen LogP contribution >= 0.6 is 24.0 Å². The summed E-state index contributed by atoms with van der Waals surface area (Å²) >= 11 is 0. The fraction of sp³-hybridized carbons (Fsp3) is 0.263. The first-order valence-corrected chi connectivity index (χ1v) is 8.48. The predicted molar refractivity (Wildman–Crippen MR) is 118 cm³/mol. The Balaban J connectivity index is 0.00000450. The lowest BCUT2D eigenvalue weighted by Crippen LogP contribution is -2.41. The summed E-state index contributed by atoms with van der Waals surface area (Å²) in [7, 11) is 4.58. The van der Waals surface area contributed by atoms with E-state index >= 15 is 0 Å². The van der Waals surface area contributed by atoms with Gasteiger partial charge >= 0.3 is 0 Å². The Bertz CT molecular complexity index is 913. The first-order chi connectivity index (χ1) is 13.9. The van der Waals surface area contributed by atoms with E-state index in [2.05, 4.69) is 20.9 Å². The van der Waals surface area contributed by atoms with E-state index in [9.17, 15) is 18.0 Å². The number of ether oxygens (including phenoxy) is 2. The number of hydrogen-bond acceptors (Lipinski definition) is 4. The monoisotopic (exact) mass is 538 g/mol. The Kier molecular flexibility index (Phi) is 10.2. The molecule has 0 aliphatic rings. The lowest BCUT2D eigenvalue weighted by molar-refractivity contribution is -0.115. The van der Waals surface area contributed by atoms with Crippen LogP contribution in [0.2, 0.25) is 0 Å². The van der Waals surface area contributed by atoms with Crippen LogP contribution in [0.4, 0.5) is 18.9 Å². The van der Waals surface area contributed by atoms with E-state index < -0.39 is 29.0 Å². The molecular formula is C19H22F3IN4O3. The van der Waals surface area contributed by atoms with E-state index in [1.807, 2.05) is 6.07 Å². The van der Waals surface area contributed by atoms with Crippen molar-refractivity contribution in [2.24, 2.45) is 4.99 Å². The molecule has 2 aromatic rings. The van der Waals surface area contributed by atoms with E-state index in [4.69, 9.17) is 9.47 Å². The third-order valence-electron chi connectivity index (χ3n) is 3.86. The highest BCUT2D eigenvalue weighted by Crippen LogP contribution is 2.27. The Labute approximate surface area is 189 Å². The zero-order valence-corrected chi connectivity index (χ0v) is 18.8. The molecule has 3 N–H and O–H groups in total. The molecule has 0 aromatic heterocycles. The standard InChI is InChI=1S/C19H21F3N4O3.HI/c1-23-19(24-9-11-4-7-14(28-2)15(8-11)29-3)25-10-16(27)26-13-6-5-12(20)17(21)18(13)22;/h4-8H,9-10H2,1-3H3,(H,26,27)(H2,23,24,25);1H. The van der Waals surface area contributed by atoms with Crippen molar-refractivity contribution in [1.82, 2.24) is 10.6 Å². The van der Waals surface area contributed by atoms with E-state index in [0.717, 1.165) is 17.7 Å². The van der Waals surface area contributed by atoms with Gasteiger partial charge < -0.3 is 25.4 Å². The average molecular weight is 538 g/mol. The van der Waals surface area contributed by atoms with Crippen molar-refractivity contribution < 1.29 is 27.4 Å². The minimum atomic E-state index is -1.65. The summed E-state index contributed by atoms with van der Waals surface area (Å²) in [5.41, 5.74) is 0.419. The van der Waals surface area contributed by atoms with Crippen molar-refractivity contribution in [1.29, 1.82) is 0 Å². The molecule has 0 radical (unpaired) electrons. The molecule has 0 aliphatic heterocycles. The molecular weight excluding hydrogens is 516 g/mol. The SMILES string of the molecule is CN=C(NCC(=O)Nc1ccc(F)c(F)c1F)NCc1ccc(OC)c(OC)c1.I. The molecule has 30 heavy (non-hydrogen) atoms. The number of amides is 1. The fourth-order valence-electron chi connectivity index (χ4n) is 2.38. The maximum atomic E-state index is 13.6. The smallest absolute Gasteiger partial charge is 0.243 e. The number of aliphatic imine (C=N–C) groups is 1. The fourth-order valence-corrected chi connectivity index (χ4v) is 2.38. The van der Waals surface area contributed by atoms with Crippen molar-refractivity contribution in [3.63, 3.8) is 0 Å². The molecule has 1 amide bonds. The van der Waals surface area contributed by atoms with Crippen molar-refractivity contribution in [3.05, 3.63) is 53.3 Å². The number of hydrogen-bond donors (Lipinski definition) is 3. The summed E-state index contributed by atoms with van der Waals surface area (Å²) in [6, 6.07) is 7.05. The zero-order chi connectivity index (χ0) is 21.4.